The van der Waals surface area contributed by atoms with E-state index in [1.54, 1.807) is 59.7 Å². The molecule has 82 heavy (non-hydrogen) atoms. The van der Waals surface area contributed by atoms with Crippen molar-refractivity contribution >= 4 is 58.4 Å². The highest BCUT2D eigenvalue weighted by molar-refractivity contribution is 6.13. The number of cyclic esters (lactones) is 1. The second kappa shape index (κ2) is 28.5. The van der Waals surface area contributed by atoms with Gasteiger partial charge in [0.25, 0.3) is 17.4 Å². The van der Waals surface area contributed by atoms with Crippen molar-refractivity contribution in [2.45, 2.75) is 123 Å². The molecule has 26 heteroatoms. The number of amides is 7. The second-order valence-corrected chi connectivity index (χ2v) is 21.2. The average Bonchev–Trinajstić information content (AvgIpc) is 4.11. The van der Waals surface area contributed by atoms with Crippen LogP contribution in [0.25, 0.3) is 22.3 Å². The summed E-state index contributed by atoms with van der Waals surface area (Å²) in [6.07, 6.45) is 2.58. The Labute approximate surface area is 473 Å². The van der Waals surface area contributed by atoms with E-state index in [4.69, 9.17) is 42.9 Å². The zero-order valence-electron chi connectivity index (χ0n) is 47.2. The van der Waals surface area contributed by atoms with E-state index in [-0.39, 0.29) is 128 Å². The highest BCUT2D eigenvalue weighted by Gasteiger charge is 2.46. The van der Waals surface area contributed by atoms with Gasteiger partial charge < -0.3 is 74.2 Å². The summed E-state index contributed by atoms with van der Waals surface area (Å²) in [7, 11) is 0. The summed E-state index contributed by atoms with van der Waals surface area (Å²) in [4.78, 5) is 122. The largest absolute Gasteiger partial charge is 0.458 e. The Balaban J connectivity index is 0.900. The third-order valence-corrected chi connectivity index (χ3v) is 13.8. The van der Waals surface area contributed by atoms with Crippen LogP contribution >= 0.6 is 0 Å². The van der Waals surface area contributed by atoms with Crippen LogP contribution in [0.3, 0.4) is 0 Å². The van der Waals surface area contributed by atoms with E-state index in [1.165, 1.54) is 16.7 Å². The third kappa shape index (κ3) is 15.9. The van der Waals surface area contributed by atoms with Crippen molar-refractivity contribution in [3.8, 4) is 22.9 Å². The molecule has 0 unspecified atom stereocenters. The van der Waals surface area contributed by atoms with E-state index in [2.05, 4.69) is 26.6 Å². The predicted molar refractivity (Wildman–Crippen MR) is 291 cm³/mol. The molecule has 0 spiro atoms. The summed E-state index contributed by atoms with van der Waals surface area (Å²) < 4.78 is 45.6. The van der Waals surface area contributed by atoms with Gasteiger partial charge in [-0.05, 0) is 70.1 Å². The lowest BCUT2D eigenvalue weighted by atomic mass is 9.86. The number of carbonyl (C=O) groups excluding carboxylic acids is 8. The first-order valence-corrected chi connectivity index (χ1v) is 27.6. The number of esters is 1. The molecule has 7 rings (SSSR count). The van der Waals surface area contributed by atoms with Crippen LogP contribution in [-0.2, 0) is 87.3 Å². The third-order valence-electron chi connectivity index (χ3n) is 13.8. The minimum atomic E-state index is -2.05. The Morgan fingerprint density at radius 2 is 1.41 bits per heavy atom. The van der Waals surface area contributed by atoms with Gasteiger partial charge in [0.15, 0.2) is 17.1 Å². The van der Waals surface area contributed by atoms with Crippen molar-refractivity contribution in [2.24, 2.45) is 5.92 Å². The first-order chi connectivity index (χ1) is 39.2. The Bertz CT molecular complexity index is 2950. The molecule has 3 aromatic rings. The number of imide groups is 1. The van der Waals surface area contributed by atoms with Crippen LogP contribution in [0, 0.1) is 5.92 Å². The highest BCUT2D eigenvalue weighted by Crippen LogP contribution is 2.43. The molecule has 6 N–H and O–H groups in total. The number of unbranched alkanes of at least 4 members (excludes halogenated alkanes) is 1. The van der Waals surface area contributed by atoms with E-state index in [1.807, 2.05) is 0 Å². The molecule has 7 amide bonds. The number of hydrogen-bond acceptors (Lipinski definition) is 19. The van der Waals surface area contributed by atoms with E-state index >= 15 is 0 Å². The number of nitrogens with one attached hydrogen (secondary N) is 5. The van der Waals surface area contributed by atoms with Crippen LogP contribution in [0.5, 0.6) is 11.5 Å². The van der Waals surface area contributed by atoms with E-state index in [0.29, 0.717) is 71.0 Å². The fraction of sp³-hybridized carbons (Fsp3) is 0.571. The topological polar surface area (TPSA) is 329 Å². The standard InChI is InChI=1S/C56H74N8O18/c1-7-56(74)38-27-41-49-36(30-64(41)52(71)37(38)31-79-53(56)72)35(34-26-42-43(81-32-80-42)28-40(34)60-49)29-59-50(69)39(10-8-9-15-58-54(73)82-55(4,5)6)61-51(70)48(33(2)3)62-45(66)14-18-75-20-22-77-24-25-78-23-21-76-19-16-57-44(65)13-17-63-46(67)11-12-47(63)68/h11-12,26-28,33,39,48,74H,7-10,13-25,29-32H2,1-6H3,(H,57,65)(H,58,73)(H,59,69)(H,61,70)(H,62,66)/t39-,48-,56-/m0/s1. The molecule has 2 aromatic heterocycles. The van der Waals surface area contributed by atoms with Gasteiger partial charge in [-0.2, -0.15) is 0 Å². The van der Waals surface area contributed by atoms with Crippen LogP contribution in [0.1, 0.15) is 102 Å². The van der Waals surface area contributed by atoms with Crippen molar-refractivity contribution in [2.75, 3.05) is 79.3 Å². The second-order valence-electron chi connectivity index (χ2n) is 21.2. The summed E-state index contributed by atoms with van der Waals surface area (Å²) in [6, 6.07) is 2.90. The van der Waals surface area contributed by atoms with Crippen molar-refractivity contribution in [1.82, 2.24) is 41.0 Å². The molecule has 3 atom stereocenters. The van der Waals surface area contributed by atoms with Gasteiger partial charge in [0, 0.05) is 73.8 Å². The normalized spacial score (nSPS) is 16.6. The molecule has 6 heterocycles. The molecule has 0 saturated carbocycles. The lowest BCUT2D eigenvalue weighted by Gasteiger charge is -2.31. The number of alkyl carbamates (subject to hydrolysis) is 1. The van der Waals surface area contributed by atoms with Crippen LogP contribution in [0.4, 0.5) is 4.79 Å². The number of hydrogen-bond donors (Lipinski definition) is 6. The van der Waals surface area contributed by atoms with Gasteiger partial charge >= 0.3 is 12.1 Å². The van der Waals surface area contributed by atoms with Crippen molar-refractivity contribution < 1.29 is 81.4 Å². The number of aromatic nitrogens is 2. The van der Waals surface area contributed by atoms with Gasteiger partial charge in [0.05, 0.1) is 81.9 Å². The molecule has 0 fully saturated rings. The molecular formula is C56H74N8O18. The van der Waals surface area contributed by atoms with Gasteiger partial charge in [-0.1, -0.05) is 20.8 Å². The monoisotopic (exact) mass is 1150 g/mol. The number of rotatable bonds is 31. The molecule has 0 aliphatic carbocycles. The number of aliphatic hydroxyl groups is 1. The summed E-state index contributed by atoms with van der Waals surface area (Å²) in [5, 5.41) is 26.1. The number of fused-ring (bicyclic) bond motifs is 6. The van der Waals surface area contributed by atoms with Crippen molar-refractivity contribution in [3.63, 3.8) is 0 Å². The summed E-state index contributed by atoms with van der Waals surface area (Å²) in [5.41, 5.74) is -0.504. The Kier molecular flexibility index (Phi) is 21.5. The fourth-order valence-electron chi connectivity index (χ4n) is 9.48. The maximum absolute atomic E-state index is 14.5. The molecule has 4 aliphatic heterocycles. The number of nitrogens with zero attached hydrogens (tertiary/aromatic N) is 3. The number of carbonyl (C=O) groups is 8. The zero-order chi connectivity index (χ0) is 59.1. The van der Waals surface area contributed by atoms with E-state index in [0.717, 1.165) is 4.90 Å². The number of benzene rings is 1. The SMILES string of the molecule is CC[C@@]1(O)C(=O)OCc2c1cc1n(c2=O)Cc2c-1nc1cc3c(cc1c2CNC(=O)[C@H](CCCCNC(=O)OC(C)(C)C)NC(=O)[C@@H](NC(=O)CCOCCOCCOCCOCCNC(=O)CCN1C(=O)C=CC1=O)C(C)C)OCO3. The molecule has 26 nitrogen and oxygen atoms in total. The molecule has 446 valence electrons. The Hall–Kier alpha value is -7.52. The van der Waals surface area contributed by atoms with Gasteiger partial charge in [-0.3, -0.25) is 38.5 Å². The lowest BCUT2D eigenvalue weighted by molar-refractivity contribution is -0.172. The average molecular weight is 1150 g/mol. The van der Waals surface area contributed by atoms with Crippen LogP contribution in [0.2, 0.25) is 0 Å². The Morgan fingerprint density at radius 3 is 2.07 bits per heavy atom. The molecule has 0 saturated heterocycles. The van der Waals surface area contributed by atoms with E-state index in [9.17, 15) is 48.3 Å². The summed E-state index contributed by atoms with van der Waals surface area (Å²) >= 11 is 0. The van der Waals surface area contributed by atoms with Crippen LogP contribution in [-0.4, -0.2) is 164 Å². The van der Waals surface area contributed by atoms with Gasteiger partial charge in [0.2, 0.25) is 30.4 Å². The molecule has 0 radical (unpaired) electrons. The van der Waals surface area contributed by atoms with Crippen molar-refractivity contribution in [3.05, 3.63) is 63.0 Å². The molecular weight excluding hydrogens is 1070 g/mol. The number of pyridine rings is 2. The predicted octanol–water partition coefficient (Wildman–Crippen LogP) is 1.63. The molecule has 1 aromatic carbocycles. The minimum absolute atomic E-state index is 0.00411. The fourth-order valence-corrected chi connectivity index (χ4v) is 9.48. The van der Waals surface area contributed by atoms with Crippen LogP contribution < -0.4 is 41.6 Å². The summed E-state index contributed by atoms with van der Waals surface area (Å²) in [5.74, 6) is -3.14. The smallest absolute Gasteiger partial charge is 0.407 e. The summed E-state index contributed by atoms with van der Waals surface area (Å²) in [6.45, 7) is 12.4. The molecule has 0 bridgehead atoms. The minimum Gasteiger partial charge on any atom is -0.458 e. The van der Waals surface area contributed by atoms with Gasteiger partial charge in [-0.25, -0.2) is 14.6 Å². The van der Waals surface area contributed by atoms with E-state index < -0.39 is 76.4 Å². The first kappa shape index (κ1) is 62.1. The molecule has 4 aliphatic rings. The zero-order valence-corrected chi connectivity index (χ0v) is 47.2. The van der Waals surface area contributed by atoms with Gasteiger partial charge in [0.1, 0.15) is 24.3 Å². The highest BCUT2D eigenvalue weighted by atomic mass is 16.7. The Morgan fingerprint density at radius 1 is 0.756 bits per heavy atom. The van der Waals surface area contributed by atoms with Crippen molar-refractivity contribution in [1.29, 1.82) is 0 Å². The lowest BCUT2D eigenvalue weighted by Crippen LogP contribution is -2.55. The number of ether oxygens (including phenoxy) is 8. The quantitative estimate of drug-likeness (QED) is 0.0237. The van der Waals surface area contributed by atoms with Crippen LogP contribution in [0.15, 0.2) is 35.1 Å². The first-order valence-electron chi connectivity index (χ1n) is 27.6. The maximum Gasteiger partial charge on any atom is 0.407 e. The van der Waals surface area contributed by atoms with Gasteiger partial charge in [-0.15, -0.1) is 0 Å². The maximum atomic E-state index is 14.5.